The maximum absolute atomic E-state index is 10.1. The van der Waals surface area contributed by atoms with E-state index in [1.54, 1.807) is 17.8 Å². The second-order valence-corrected chi connectivity index (χ2v) is 31.2. The Morgan fingerprint density at radius 1 is 0.322 bits per heavy atom. The molecule has 4 aromatic rings. The fraction of sp³-hybridized carbons (Fsp3) is 0.259. The Hall–Kier alpha value is -1.41. The fourth-order valence-corrected chi connectivity index (χ4v) is 23.2. The van der Waals surface area contributed by atoms with Gasteiger partial charge in [-0.3, -0.25) is 81.5 Å². The molecule has 90 heavy (non-hydrogen) atoms. The van der Waals surface area contributed by atoms with E-state index >= 15 is 0 Å². The van der Waals surface area contributed by atoms with Gasteiger partial charge in [0.2, 0.25) is 0 Å². The summed E-state index contributed by atoms with van der Waals surface area (Å²) in [4.78, 5) is 146. The molecule has 0 unspecified atom stereocenters. The van der Waals surface area contributed by atoms with Crippen molar-refractivity contribution in [3.63, 3.8) is 0 Å². The SMILES string of the molecule is C[SeH]CCC[SeH]CC(=O)O.C[SeH]CC[SeH]CC(=O)O.O=C=O.O=C=O.[CH-]=O.[CH-]=O.[CH-]=O.[CH-]=O.[CH-]=O.[CH-]=O.[CH-]=O.[CH-]=O.[CH-]=O.[CH-]=O.[CH-]=O.[CH-]=O.[Cl][Re].[Cl][Re].[Cl][Re].[Cl][Re].c1ccc([SeH]CCC[SeH]c2ccccc2)cc1.c1ccc([SeH]CC[SeH]c2ccccc2)cc1. The molecular formula is C54H72Cl4O20Re4Se8-12. The summed E-state index contributed by atoms with van der Waals surface area (Å²) >= 11 is 7.70. The Morgan fingerprint density at radius 2 is 0.500 bits per heavy atom. The topological polar surface area (TPSA) is 348 Å². The summed E-state index contributed by atoms with van der Waals surface area (Å²) in [6, 6.07) is 43.7. The summed E-state index contributed by atoms with van der Waals surface area (Å²) in [5, 5.41) is 28.1. The van der Waals surface area contributed by atoms with Crippen molar-refractivity contribution in [2.24, 2.45) is 0 Å². The molecule has 0 aliphatic heterocycles. The first-order chi connectivity index (χ1) is 44.3. The molecule has 20 nitrogen and oxygen atoms in total. The minimum atomic E-state index is -0.623. The van der Waals surface area contributed by atoms with Crippen LogP contribution in [0.1, 0.15) is 12.8 Å². The molecule has 4 rings (SSSR count). The third kappa shape index (κ3) is 185. The molecule has 0 aliphatic rings. The average molecular weight is 2560 g/mol. The van der Waals surface area contributed by atoms with Crippen LogP contribution in [0.15, 0.2) is 121 Å². The predicted octanol–water partition coefficient (Wildman–Crippen LogP) is 2.26. The summed E-state index contributed by atoms with van der Waals surface area (Å²) in [7, 11) is 18.8. The summed E-state index contributed by atoms with van der Waals surface area (Å²) in [5.41, 5.74) is 0. The maximum atomic E-state index is 10.1. The quantitative estimate of drug-likeness (QED) is 0.0493. The molecule has 8 radical (unpaired) electrons. The van der Waals surface area contributed by atoms with E-state index in [0.717, 1.165) is 0 Å². The number of aliphatic carboxylic acids is 2. The standard InChI is InChI=1S/C15H18Se2.C14H16Se2.C6H14O2Se2.C5H12O2Se2.2CO2.12CHO.4ClH.4Re/c1-3-8-14(9-4-1)16-12-7-13-17-15-10-5-2-6-11-15;1-3-7-13(8-4-1)15-11-12-16-14-9-5-2-6-10-14;1-9-3-2-4-10-5-6(7)8;1-8-2-3-9-4-5(6)7;2*2-1-3;12*1-2;;;;;;;;/h1-6,8-11,16-17H,7,12-13H2;1-10,15-16H,11-12H2;9-10H,2-5H2,1H3,(H,7,8);8-9H,2-4H2,1H3,(H,6,7);;;12*1H;4*1H;;;;/q;;;;;;12*-1;;;;;4*+1/p-4. The summed E-state index contributed by atoms with van der Waals surface area (Å²) < 4.78 is 6.26. The predicted molar refractivity (Wildman–Crippen MR) is 360 cm³/mol. The third-order valence-corrected chi connectivity index (χ3v) is 26.9. The van der Waals surface area contributed by atoms with Gasteiger partial charge in [0.05, 0.1) is 0 Å². The first-order valence-corrected chi connectivity index (χ1v) is 55.6. The van der Waals surface area contributed by atoms with Crippen molar-refractivity contribution < 1.29 is 169 Å². The van der Waals surface area contributed by atoms with E-state index in [2.05, 4.69) is 214 Å². The van der Waals surface area contributed by atoms with Gasteiger partial charge in [0.25, 0.3) is 0 Å². The molecule has 0 aliphatic carbocycles. The van der Waals surface area contributed by atoms with Crippen LogP contribution in [0.2, 0.25) is 64.8 Å². The van der Waals surface area contributed by atoms with Crippen molar-refractivity contribution in [2.75, 3.05) is 0 Å². The zero-order valence-corrected chi connectivity index (χ0v) is 76.7. The van der Waals surface area contributed by atoms with Crippen molar-refractivity contribution in [2.45, 2.75) is 77.7 Å². The molecule has 0 bridgehead atoms. The van der Waals surface area contributed by atoms with Crippen LogP contribution in [0.25, 0.3) is 0 Å². The van der Waals surface area contributed by atoms with E-state index in [-0.39, 0.29) is 42.2 Å². The molecule has 4 aromatic carbocycles. The number of carbonyl (C=O) groups is 2. The number of hydrogen-bond donors (Lipinski definition) is 2. The van der Waals surface area contributed by atoms with Crippen LogP contribution in [-0.4, -0.2) is 236 Å². The van der Waals surface area contributed by atoms with Gasteiger partial charge in [-0.2, -0.15) is 19.2 Å². The minimum absolute atomic E-state index is 0.116. The first-order valence-electron chi connectivity index (χ1n) is 21.4. The summed E-state index contributed by atoms with van der Waals surface area (Å²) in [6.45, 7) is 39.0. The van der Waals surface area contributed by atoms with Gasteiger partial charge in [0.1, 0.15) is 0 Å². The normalized spacial score (nSPS) is 6.78. The number of benzene rings is 4. The number of carboxylic acid groups (broad SMARTS) is 2. The van der Waals surface area contributed by atoms with Gasteiger partial charge in [-0.05, 0) is 0 Å². The average Bonchev–Trinajstić information content (AvgIpc) is 3.67. The Balaban J connectivity index is -0.0000000412. The number of rotatable bonds is 22. The number of carbonyl (C=O) groups excluding carboxylic acids is 16. The molecule has 0 spiro atoms. The molecule has 0 atom stereocenters. The number of hydrogen-bond acceptors (Lipinski definition) is 18. The van der Waals surface area contributed by atoms with Crippen LogP contribution in [-0.2, 0) is 159 Å². The zero-order chi connectivity index (χ0) is 75.2. The Morgan fingerprint density at radius 3 is 0.689 bits per heavy atom. The summed E-state index contributed by atoms with van der Waals surface area (Å²) in [5.74, 6) is 3.23. The van der Waals surface area contributed by atoms with Gasteiger partial charge in [-0.15, -0.1) is 0 Å². The zero-order valence-electron chi connectivity index (χ0n) is 47.8. The monoisotopic (exact) mass is 2570 g/mol. The van der Waals surface area contributed by atoms with Crippen molar-refractivity contribution in [1.82, 2.24) is 0 Å². The van der Waals surface area contributed by atoms with E-state index in [4.69, 9.17) is 125 Å². The van der Waals surface area contributed by atoms with Gasteiger partial charge >= 0.3 is 491 Å². The van der Waals surface area contributed by atoms with Crippen molar-refractivity contribution >= 4 is 281 Å². The van der Waals surface area contributed by atoms with Gasteiger partial charge in [-0.25, -0.2) is 0 Å². The van der Waals surface area contributed by atoms with Crippen LogP contribution in [0.3, 0.4) is 0 Å². The molecule has 0 heterocycles. The molecule has 2 N–H and O–H groups in total. The van der Waals surface area contributed by atoms with Gasteiger partial charge in [0, 0.05) is 0 Å². The molecule has 524 valence electrons. The number of halogens is 4. The van der Waals surface area contributed by atoms with E-state index in [0.29, 0.717) is 100 Å². The molecular weight excluding hydrogens is 2490 g/mol. The van der Waals surface area contributed by atoms with Crippen molar-refractivity contribution in [3.05, 3.63) is 121 Å². The second-order valence-electron chi connectivity index (χ2n) is 10.8. The number of carboxylic acids is 2. The van der Waals surface area contributed by atoms with Gasteiger partial charge in [-0.1, -0.05) is 0 Å². The molecule has 0 saturated heterocycles. The third-order valence-electron chi connectivity index (χ3n) is 6.29. The molecule has 0 saturated carbocycles. The molecule has 0 amide bonds. The Labute approximate surface area is 641 Å². The fourth-order valence-electron chi connectivity index (χ4n) is 3.84. The van der Waals surface area contributed by atoms with E-state index < -0.39 is 11.9 Å². The first kappa shape index (κ1) is 136. The Kier molecular flexibility index (Phi) is 290. The molecule has 0 fully saturated rings. The van der Waals surface area contributed by atoms with Crippen molar-refractivity contribution in [1.29, 1.82) is 0 Å². The van der Waals surface area contributed by atoms with Crippen LogP contribution >= 0.6 is 38.1 Å². The van der Waals surface area contributed by atoms with Crippen LogP contribution in [0.4, 0.5) is 0 Å². The second kappa shape index (κ2) is 191. The summed E-state index contributed by atoms with van der Waals surface area (Å²) in [6.07, 6.45) is 3.17. The van der Waals surface area contributed by atoms with Crippen LogP contribution in [0, 0.1) is 0 Å². The molecule has 36 heteroatoms. The van der Waals surface area contributed by atoms with Crippen LogP contribution in [0.5, 0.6) is 0 Å². The van der Waals surface area contributed by atoms with Gasteiger partial charge < -0.3 is 57.5 Å². The van der Waals surface area contributed by atoms with Crippen molar-refractivity contribution in [3.8, 4) is 0 Å². The Bertz CT molecular complexity index is 1710. The van der Waals surface area contributed by atoms with Crippen LogP contribution < -0.4 is 17.8 Å². The van der Waals surface area contributed by atoms with Gasteiger partial charge in [0.15, 0.2) is 0 Å². The van der Waals surface area contributed by atoms with E-state index in [1.165, 1.54) is 128 Å². The molecule has 0 aromatic heterocycles. The van der Waals surface area contributed by atoms with E-state index in [9.17, 15) is 9.59 Å². The van der Waals surface area contributed by atoms with E-state index in [1.807, 2.05) is 0 Å².